The Bertz CT molecular complexity index is 489. The van der Waals surface area contributed by atoms with Crippen LogP contribution in [0.1, 0.15) is 48.5 Å². The molecule has 1 N–H and O–H groups in total. The molecule has 1 aromatic carbocycles. The van der Waals surface area contributed by atoms with Gasteiger partial charge in [0.2, 0.25) is 0 Å². The molecule has 3 nitrogen and oxygen atoms in total. The molecular formula is C16H22FNO2. The topological polar surface area (TPSA) is 40.5 Å². The van der Waals surface area contributed by atoms with Gasteiger partial charge in [0.15, 0.2) is 0 Å². The molecule has 0 aromatic heterocycles. The summed E-state index contributed by atoms with van der Waals surface area (Å²) in [6.07, 6.45) is 4.83. The number of carbonyl (C=O) groups is 1. The van der Waals surface area contributed by atoms with Crippen LogP contribution in [0.2, 0.25) is 0 Å². The van der Waals surface area contributed by atoms with E-state index >= 15 is 0 Å². The largest absolute Gasteiger partial charge is 0.478 e. The number of carboxylic acids is 1. The van der Waals surface area contributed by atoms with Gasteiger partial charge in [0, 0.05) is 12.6 Å². The predicted octanol–water partition coefficient (Wildman–Crippen LogP) is 3.53. The Labute approximate surface area is 119 Å². The zero-order chi connectivity index (χ0) is 14.7. The smallest absolute Gasteiger partial charge is 0.336 e. The van der Waals surface area contributed by atoms with Crippen LogP contribution in [-0.2, 0) is 6.54 Å². The van der Waals surface area contributed by atoms with Crippen molar-refractivity contribution in [3.05, 3.63) is 35.1 Å². The monoisotopic (exact) mass is 279 g/mol. The molecule has 1 aromatic rings. The van der Waals surface area contributed by atoms with Gasteiger partial charge in [-0.3, -0.25) is 4.90 Å². The molecule has 2 unspecified atom stereocenters. The number of hydrogen-bond acceptors (Lipinski definition) is 2. The zero-order valence-electron chi connectivity index (χ0n) is 12.1. The van der Waals surface area contributed by atoms with Crippen molar-refractivity contribution in [2.75, 3.05) is 7.05 Å². The van der Waals surface area contributed by atoms with Crippen molar-refractivity contribution in [1.82, 2.24) is 4.90 Å². The van der Waals surface area contributed by atoms with Crippen LogP contribution in [0.25, 0.3) is 0 Å². The van der Waals surface area contributed by atoms with E-state index in [9.17, 15) is 14.3 Å². The average molecular weight is 279 g/mol. The summed E-state index contributed by atoms with van der Waals surface area (Å²) >= 11 is 0. The highest BCUT2D eigenvalue weighted by atomic mass is 19.1. The molecule has 0 amide bonds. The zero-order valence-corrected chi connectivity index (χ0v) is 12.1. The van der Waals surface area contributed by atoms with E-state index in [4.69, 9.17) is 0 Å². The van der Waals surface area contributed by atoms with Gasteiger partial charge in [-0.1, -0.05) is 19.8 Å². The number of rotatable bonds is 4. The van der Waals surface area contributed by atoms with Gasteiger partial charge in [0.1, 0.15) is 5.82 Å². The van der Waals surface area contributed by atoms with Gasteiger partial charge in [-0.05, 0) is 49.6 Å². The van der Waals surface area contributed by atoms with E-state index in [0.29, 0.717) is 24.1 Å². The quantitative estimate of drug-likeness (QED) is 0.916. The first-order valence-electron chi connectivity index (χ1n) is 7.21. The van der Waals surface area contributed by atoms with Crippen LogP contribution in [0.4, 0.5) is 4.39 Å². The summed E-state index contributed by atoms with van der Waals surface area (Å²) in [5.74, 6) is -0.768. The lowest BCUT2D eigenvalue weighted by molar-refractivity contribution is 0.0692. The number of aromatic carboxylic acids is 1. The normalized spacial score (nSPS) is 23.0. The maximum absolute atomic E-state index is 13.4. The van der Waals surface area contributed by atoms with Crippen molar-refractivity contribution < 1.29 is 14.3 Å². The Balaban J connectivity index is 2.16. The highest BCUT2D eigenvalue weighted by molar-refractivity contribution is 5.89. The predicted molar refractivity (Wildman–Crippen MR) is 76.2 cm³/mol. The average Bonchev–Trinajstić information content (AvgIpc) is 2.38. The van der Waals surface area contributed by atoms with E-state index < -0.39 is 5.97 Å². The van der Waals surface area contributed by atoms with Crippen LogP contribution in [0.5, 0.6) is 0 Å². The van der Waals surface area contributed by atoms with E-state index in [1.54, 1.807) is 0 Å². The lowest BCUT2D eigenvalue weighted by Gasteiger charge is -2.36. The minimum Gasteiger partial charge on any atom is -0.478 e. The Kier molecular flexibility index (Phi) is 4.76. The number of hydrogen-bond donors (Lipinski definition) is 1. The minimum atomic E-state index is -0.995. The van der Waals surface area contributed by atoms with E-state index in [2.05, 4.69) is 11.8 Å². The Morgan fingerprint density at radius 3 is 2.75 bits per heavy atom. The summed E-state index contributed by atoms with van der Waals surface area (Å²) in [7, 11) is 2.00. The van der Waals surface area contributed by atoms with Crippen LogP contribution < -0.4 is 0 Å². The highest BCUT2D eigenvalue weighted by Gasteiger charge is 2.25. The number of carboxylic acid groups (broad SMARTS) is 1. The summed E-state index contributed by atoms with van der Waals surface area (Å²) in [4.78, 5) is 13.4. The molecule has 1 fully saturated rings. The highest BCUT2D eigenvalue weighted by Crippen LogP contribution is 2.28. The second kappa shape index (κ2) is 6.35. The molecule has 1 aliphatic rings. The lowest BCUT2D eigenvalue weighted by atomic mass is 9.85. The van der Waals surface area contributed by atoms with Crippen molar-refractivity contribution in [3.8, 4) is 0 Å². The third-order valence-corrected chi connectivity index (χ3v) is 4.35. The van der Waals surface area contributed by atoms with E-state index in [1.165, 1.54) is 37.5 Å². The number of nitrogens with zero attached hydrogens (tertiary/aromatic N) is 1. The Morgan fingerprint density at radius 1 is 1.40 bits per heavy atom. The maximum atomic E-state index is 13.4. The molecule has 0 bridgehead atoms. The molecule has 110 valence electrons. The number of benzene rings is 1. The van der Waals surface area contributed by atoms with Gasteiger partial charge >= 0.3 is 5.97 Å². The van der Waals surface area contributed by atoms with Gasteiger partial charge in [0.05, 0.1) is 5.56 Å². The molecule has 1 aliphatic carbocycles. The molecule has 0 aliphatic heterocycles. The first-order valence-corrected chi connectivity index (χ1v) is 7.21. The van der Waals surface area contributed by atoms with Crippen molar-refractivity contribution >= 4 is 5.97 Å². The fourth-order valence-corrected chi connectivity index (χ4v) is 3.24. The van der Waals surface area contributed by atoms with Crippen LogP contribution in [0.3, 0.4) is 0 Å². The van der Waals surface area contributed by atoms with Crippen LogP contribution >= 0.6 is 0 Å². The van der Waals surface area contributed by atoms with E-state index in [0.717, 1.165) is 6.42 Å². The summed E-state index contributed by atoms with van der Waals surface area (Å²) in [6.45, 7) is 2.72. The van der Waals surface area contributed by atoms with Crippen molar-refractivity contribution in [2.45, 2.75) is 45.2 Å². The summed E-state index contributed by atoms with van der Waals surface area (Å²) in [5, 5.41) is 9.19. The third kappa shape index (κ3) is 3.37. The van der Waals surface area contributed by atoms with Gasteiger partial charge < -0.3 is 5.11 Å². The summed E-state index contributed by atoms with van der Waals surface area (Å²) < 4.78 is 13.4. The van der Waals surface area contributed by atoms with Crippen LogP contribution in [0.15, 0.2) is 18.2 Å². The fraction of sp³-hybridized carbons (Fsp3) is 0.562. The second-order valence-corrected chi connectivity index (χ2v) is 5.85. The second-order valence-electron chi connectivity index (χ2n) is 5.85. The first kappa shape index (κ1) is 15.0. The fourth-order valence-electron chi connectivity index (χ4n) is 3.24. The van der Waals surface area contributed by atoms with Gasteiger partial charge in [-0.25, -0.2) is 9.18 Å². The number of halogens is 1. The first-order chi connectivity index (χ1) is 9.49. The molecule has 4 heteroatoms. The van der Waals surface area contributed by atoms with Gasteiger partial charge in [-0.2, -0.15) is 0 Å². The summed E-state index contributed by atoms with van der Waals surface area (Å²) in [6, 6.07) is 4.35. The molecule has 0 radical (unpaired) electrons. The summed E-state index contributed by atoms with van der Waals surface area (Å²) in [5.41, 5.74) is 0.750. The van der Waals surface area contributed by atoms with Crippen molar-refractivity contribution in [1.29, 1.82) is 0 Å². The van der Waals surface area contributed by atoms with E-state index in [-0.39, 0.29) is 11.4 Å². The lowest BCUT2D eigenvalue weighted by Crippen LogP contribution is -2.38. The molecule has 20 heavy (non-hydrogen) atoms. The Hall–Kier alpha value is -1.42. The molecule has 2 rings (SSSR count). The molecular weight excluding hydrogens is 257 g/mol. The standard InChI is InChI=1S/C16H22FNO2/c1-11-5-3-4-6-15(11)18(2)10-12-9-13(17)7-8-14(12)16(19)20/h7-9,11,15H,3-6,10H2,1-2H3,(H,19,20). The van der Waals surface area contributed by atoms with E-state index in [1.807, 2.05) is 7.05 Å². The maximum Gasteiger partial charge on any atom is 0.336 e. The van der Waals surface area contributed by atoms with Crippen molar-refractivity contribution in [3.63, 3.8) is 0 Å². The van der Waals surface area contributed by atoms with Crippen molar-refractivity contribution in [2.24, 2.45) is 5.92 Å². The van der Waals surface area contributed by atoms with Crippen LogP contribution in [-0.4, -0.2) is 29.1 Å². The molecule has 2 atom stereocenters. The molecule has 1 saturated carbocycles. The Morgan fingerprint density at radius 2 is 2.10 bits per heavy atom. The molecule has 0 saturated heterocycles. The molecule has 0 spiro atoms. The third-order valence-electron chi connectivity index (χ3n) is 4.35. The SMILES string of the molecule is CC1CCCCC1N(C)Cc1cc(F)ccc1C(=O)O. The van der Waals surface area contributed by atoms with Gasteiger partial charge in [0.25, 0.3) is 0 Å². The van der Waals surface area contributed by atoms with Gasteiger partial charge in [-0.15, -0.1) is 0 Å². The molecule has 0 heterocycles. The minimum absolute atomic E-state index is 0.196. The van der Waals surface area contributed by atoms with Crippen LogP contribution in [0, 0.1) is 11.7 Å².